The second-order valence-electron chi connectivity index (χ2n) is 4.71. The number of aryl methyl sites for hydroxylation is 1. The average Bonchev–Trinajstić information content (AvgIpc) is 2.37. The zero-order valence-electron chi connectivity index (χ0n) is 11.6. The first-order valence-electron chi connectivity index (χ1n) is 6.64. The lowest BCUT2D eigenvalue weighted by Crippen LogP contribution is -2.33. The maximum Gasteiger partial charge on any atom is 0.123 e. The maximum absolute atomic E-state index is 13.3. The Morgan fingerprint density at radius 2 is 2.17 bits per heavy atom. The predicted molar refractivity (Wildman–Crippen MR) is 73.4 cm³/mol. The number of ether oxygens (including phenoxy) is 1. The molecule has 0 aliphatic heterocycles. The van der Waals surface area contributed by atoms with Gasteiger partial charge in [0.1, 0.15) is 5.82 Å². The average molecular weight is 253 g/mol. The number of methoxy groups -OCH3 is 1. The van der Waals surface area contributed by atoms with Gasteiger partial charge in [-0.3, -0.25) is 0 Å². The molecular formula is C15H24FNO. The van der Waals surface area contributed by atoms with Crippen LogP contribution in [0.25, 0.3) is 0 Å². The van der Waals surface area contributed by atoms with Crippen molar-refractivity contribution in [1.82, 2.24) is 5.32 Å². The summed E-state index contributed by atoms with van der Waals surface area (Å²) in [7, 11) is 1.71. The second kappa shape index (κ2) is 8.22. The third kappa shape index (κ3) is 5.15. The van der Waals surface area contributed by atoms with Crippen molar-refractivity contribution in [2.45, 2.75) is 39.2 Å². The van der Waals surface area contributed by atoms with Crippen LogP contribution in [0, 0.1) is 12.7 Å². The number of hydrogen-bond acceptors (Lipinski definition) is 2. The molecule has 1 unspecified atom stereocenters. The Morgan fingerprint density at radius 3 is 2.83 bits per heavy atom. The summed E-state index contributed by atoms with van der Waals surface area (Å²) >= 11 is 0. The highest BCUT2D eigenvalue weighted by molar-refractivity contribution is 5.27. The van der Waals surface area contributed by atoms with Gasteiger partial charge in [-0.1, -0.05) is 13.0 Å². The quantitative estimate of drug-likeness (QED) is 0.768. The third-order valence-corrected chi connectivity index (χ3v) is 3.13. The number of hydrogen-bond donors (Lipinski definition) is 1. The molecule has 0 aliphatic rings. The molecule has 3 heteroatoms. The zero-order valence-corrected chi connectivity index (χ0v) is 11.6. The zero-order chi connectivity index (χ0) is 13.4. The summed E-state index contributed by atoms with van der Waals surface area (Å²) < 4.78 is 18.4. The molecular weight excluding hydrogens is 229 g/mol. The lowest BCUT2D eigenvalue weighted by Gasteiger charge is -2.19. The number of benzene rings is 1. The van der Waals surface area contributed by atoms with Crippen LogP contribution in [0.5, 0.6) is 0 Å². The fourth-order valence-electron chi connectivity index (χ4n) is 2.01. The first kappa shape index (κ1) is 15.1. The molecule has 18 heavy (non-hydrogen) atoms. The van der Waals surface area contributed by atoms with Crippen LogP contribution in [0.3, 0.4) is 0 Å². The molecule has 1 atom stereocenters. The van der Waals surface area contributed by atoms with Crippen molar-refractivity contribution in [3.05, 3.63) is 35.1 Å². The molecule has 1 rings (SSSR count). The third-order valence-electron chi connectivity index (χ3n) is 3.13. The maximum atomic E-state index is 13.3. The summed E-state index contributed by atoms with van der Waals surface area (Å²) in [5.41, 5.74) is 2.23. The molecule has 0 aliphatic carbocycles. The molecule has 0 saturated carbocycles. The van der Waals surface area contributed by atoms with Crippen molar-refractivity contribution in [2.24, 2.45) is 0 Å². The summed E-state index contributed by atoms with van der Waals surface area (Å²) in [6, 6.07) is 5.36. The highest BCUT2D eigenvalue weighted by Crippen LogP contribution is 2.14. The van der Waals surface area contributed by atoms with E-state index in [0.29, 0.717) is 6.04 Å². The molecule has 0 spiro atoms. The van der Waals surface area contributed by atoms with Crippen LogP contribution in [0.4, 0.5) is 4.39 Å². The van der Waals surface area contributed by atoms with Crippen molar-refractivity contribution >= 4 is 0 Å². The van der Waals surface area contributed by atoms with Crippen LogP contribution in [-0.2, 0) is 11.2 Å². The minimum Gasteiger partial charge on any atom is -0.385 e. The molecule has 0 bridgehead atoms. The van der Waals surface area contributed by atoms with Gasteiger partial charge in [-0.25, -0.2) is 4.39 Å². The lowest BCUT2D eigenvalue weighted by atomic mass is 9.99. The highest BCUT2D eigenvalue weighted by Gasteiger charge is 2.10. The monoisotopic (exact) mass is 253 g/mol. The topological polar surface area (TPSA) is 21.3 Å². The van der Waals surface area contributed by atoms with Crippen molar-refractivity contribution < 1.29 is 9.13 Å². The summed E-state index contributed by atoms with van der Waals surface area (Å²) in [4.78, 5) is 0. The van der Waals surface area contributed by atoms with Gasteiger partial charge >= 0.3 is 0 Å². The van der Waals surface area contributed by atoms with Gasteiger partial charge in [-0.15, -0.1) is 0 Å². The van der Waals surface area contributed by atoms with Crippen LogP contribution in [0.15, 0.2) is 18.2 Å². The van der Waals surface area contributed by atoms with Gasteiger partial charge in [0, 0.05) is 19.8 Å². The van der Waals surface area contributed by atoms with Gasteiger partial charge < -0.3 is 10.1 Å². The van der Waals surface area contributed by atoms with E-state index in [1.54, 1.807) is 13.2 Å². The number of rotatable bonds is 8. The Kier molecular flexibility index (Phi) is 6.91. The standard InChI is InChI=1S/C15H24FNO/c1-4-8-17-15(7-9-18-3)11-13-10-14(16)6-5-12(13)2/h5-6,10,15,17H,4,7-9,11H2,1-3H3. The minimum absolute atomic E-state index is 0.156. The molecule has 0 saturated heterocycles. The van der Waals surface area contributed by atoms with Crippen molar-refractivity contribution in [3.63, 3.8) is 0 Å². The fraction of sp³-hybridized carbons (Fsp3) is 0.600. The summed E-state index contributed by atoms with van der Waals surface area (Å²) in [5.74, 6) is -0.156. The van der Waals surface area contributed by atoms with E-state index in [-0.39, 0.29) is 5.82 Å². The molecule has 0 radical (unpaired) electrons. The van der Waals surface area contributed by atoms with E-state index in [2.05, 4.69) is 12.2 Å². The number of halogens is 1. The summed E-state index contributed by atoms with van der Waals surface area (Å²) in [5, 5.41) is 3.50. The Bertz CT molecular complexity index is 346. The van der Waals surface area contributed by atoms with E-state index in [4.69, 9.17) is 4.74 Å². The van der Waals surface area contributed by atoms with Crippen molar-refractivity contribution in [3.8, 4) is 0 Å². The predicted octanol–water partition coefficient (Wildman–Crippen LogP) is 3.08. The van der Waals surface area contributed by atoms with Crippen LogP contribution >= 0.6 is 0 Å². The van der Waals surface area contributed by atoms with E-state index in [0.717, 1.165) is 43.5 Å². The molecule has 0 amide bonds. The SMILES string of the molecule is CCCNC(CCOC)Cc1cc(F)ccc1C. The molecule has 0 fully saturated rings. The highest BCUT2D eigenvalue weighted by atomic mass is 19.1. The van der Waals surface area contributed by atoms with Crippen molar-refractivity contribution in [2.75, 3.05) is 20.3 Å². The van der Waals surface area contributed by atoms with E-state index in [9.17, 15) is 4.39 Å². The normalized spacial score (nSPS) is 12.7. The van der Waals surface area contributed by atoms with Crippen LogP contribution in [-0.4, -0.2) is 26.3 Å². The van der Waals surface area contributed by atoms with Crippen LogP contribution < -0.4 is 5.32 Å². The van der Waals surface area contributed by atoms with Crippen LogP contribution in [0.2, 0.25) is 0 Å². The van der Waals surface area contributed by atoms with E-state index in [1.807, 2.05) is 13.0 Å². The minimum atomic E-state index is -0.156. The van der Waals surface area contributed by atoms with E-state index >= 15 is 0 Å². The van der Waals surface area contributed by atoms with Gasteiger partial charge in [0.2, 0.25) is 0 Å². The Hall–Kier alpha value is -0.930. The molecule has 102 valence electrons. The van der Waals surface area contributed by atoms with Gasteiger partial charge in [-0.2, -0.15) is 0 Å². The molecule has 2 nitrogen and oxygen atoms in total. The van der Waals surface area contributed by atoms with Crippen LogP contribution in [0.1, 0.15) is 30.9 Å². The molecule has 0 aromatic heterocycles. The largest absolute Gasteiger partial charge is 0.385 e. The lowest BCUT2D eigenvalue weighted by molar-refractivity contribution is 0.182. The smallest absolute Gasteiger partial charge is 0.123 e. The fourth-order valence-corrected chi connectivity index (χ4v) is 2.01. The molecule has 0 heterocycles. The Labute approximate surface area is 110 Å². The second-order valence-corrected chi connectivity index (χ2v) is 4.71. The Balaban J connectivity index is 2.65. The molecule has 1 aromatic rings. The summed E-state index contributed by atoms with van der Waals surface area (Å²) in [6.07, 6.45) is 2.91. The summed E-state index contributed by atoms with van der Waals surface area (Å²) in [6.45, 7) is 5.90. The van der Waals surface area contributed by atoms with E-state index in [1.165, 1.54) is 6.07 Å². The molecule has 1 aromatic carbocycles. The first-order chi connectivity index (χ1) is 8.67. The van der Waals surface area contributed by atoms with Gasteiger partial charge in [0.25, 0.3) is 0 Å². The van der Waals surface area contributed by atoms with Gasteiger partial charge in [0.15, 0.2) is 0 Å². The number of nitrogens with one attached hydrogen (secondary N) is 1. The van der Waals surface area contributed by atoms with Crippen molar-refractivity contribution in [1.29, 1.82) is 0 Å². The Morgan fingerprint density at radius 1 is 1.39 bits per heavy atom. The van der Waals surface area contributed by atoms with E-state index < -0.39 is 0 Å². The van der Waals surface area contributed by atoms with Gasteiger partial charge in [0.05, 0.1) is 0 Å². The first-order valence-corrected chi connectivity index (χ1v) is 6.64. The van der Waals surface area contributed by atoms with Gasteiger partial charge in [-0.05, 0) is 56.0 Å². The molecule has 1 N–H and O–H groups in total.